The highest BCUT2D eigenvalue weighted by molar-refractivity contribution is 7.15. The standard InChI is InChI=1S/C14H12N2OS/c15-14-16-8-12(18-14)13(17)11-6-5-9-3-1-2-4-10(9)7-11/h1-8,13,17H,(H2,15,16). The zero-order valence-electron chi connectivity index (χ0n) is 9.58. The Kier molecular flexibility index (Phi) is 2.74. The molecule has 2 aromatic carbocycles. The Morgan fingerprint density at radius 1 is 1.11 bits per heavy atom. The largest absolute Gasteiger partial charge is 0.383 e. The van der Waals surface area contributed by atoms with E-state index in [4.69, 9.17) is 5.73 Å². The molecule has 0 aliphatic heterocycles. The van der Waals surface area contributed by atoms with Gasteiger partial charge in [-0.05, 0) is 22.4 Å². The van der Waals surface area contributed by atoms with Crippen LogP contribution in [0.5, 0.6) is 0 Å². The van der Waals surface area contributed by atoms with Crippen molar-refractivity contribution in [2.75, 3.05) is 5.73 Å². The molecule has 1 aromatic heterocycles. The number of aliphatic hydroxyl groups excluding tert-OH is 1. The Morgan fingerprint density at radius 3 is 2.61 bits per heavy atom. The Labute approximate surface area is 109 Å². The molecule has 3 N–H and O–H groups in total. The minimum absolute atomic E-state index is 0.477. The molecule has 0 saturated heterocycles. The quantitative estimate of drug-likeness (QED) is 0.741. The van der Waals surface area contributed by atoms with Crippen molar-refractivity contribution in [1.82, 2.24) is 4.98 Å². The van der Waals surface area contributed by atoms with E-state index in [1.54, 1.807) is 6.20 Å². The molecule has 90 valence electrons. The number of nitrogen functional groups attached to an aromatic ring is 1. The first-order valence-corrected chi connectivity index (χ1v) is 6.43. The molecule has 0 radical (unpaired) electrons. The van der Waals surface area contributed by atoms with Crippen molar-refractivity contribution in [3.8, 4) is 0 Å². The zero-order valence-corrected chi connectivity index (χ0v) is 10.4. The van der Waals surface area contributed by atoms with Gasteiger partial charge in [-0.15, -0.1) is 0 Å². The summed E-state index contributed by atoms with van der Waals surface area (Å²) in [6.07, 6.45) is 0.962. The van der Waals surface area contributed by atoms with Crippen molar-refractivity contribution in [1.29, 1.82) is 0 Å². The van der Waals surface area contributed by atoms with Gasteiger partial charge in [-0.1, -0.05) is 47.7 Å². The van der Waals surface area contributed by atoms with E-state index < -0.39 is 6.10 Å². The van der Waals surface area contributed by atoms with Crippen LogP contribution in [-0.4, -0.2) is 10.1 Å². The third kappa shape index (κ3) is 1.96. The molecule has 0 saturated carbocycles. The number of thiazole rings is 1. The lowest BCUT2D eigenvalue weighted by molar-refractivity contribution is 0.224. The number of anilines is 1. The van der Waals surface area contributed by atoms with E-state index in [1.165, 1.54) is 11.3 Å². The summed E-state index contributed by atoms with van der Waals surface area (Å²) in [5.41, 5.74) is 6.44. The molecule has 3 rings (SSSR count). The Morgan fingerprint density at radius 2 is 1.89 bits per heavy atom. The number of hydrogen-bond donors (Lipinski definition) is 2. The number of nitrogens with two attached hydrogens (primary N) is 1. The molecule has 0 amide bonds. The number of aliphatic hydroxyl groups is 1. The summed E-state index contributed by atoms with van der Waals surface area (Å²) >= 11 is 1.31. The van der Waals surface area contributed by atoms with Gasteiger partial charge in [0.1, 0.15) is 6.10 Å². The van der Waals surface area contributed by atoms with Crippen molar-refractivity contribution in [3.05, 3.63) is 59.1 Å². The fourth-order valence-electron chi connectivity index (χ4n) is 1.97. The van der Waals surface area contributed by atoms with Crippen LogP contribution in [0.15, 0.2) is 48.7 Å². The number of aromatic nitrogens is 1. The highest BCUT2D eigenvalue weighted by Gasteiger charge is 2.13. The summed E-state index contributed by atoms with van der Waals surface area (Å²) < 4.78 is 0. The molecular weight excluding hydrogens is 244 g/mol. The van der Waals surface area contributed by atoms with Gasteiger partial charge < -0.3 is 10.8 Å². The highest BCUT2D eigenvalue weighted by Crippen LogP contribution is 2.29. The molecule has 0 fully saturated rings. The number of benzene rings is 2. The highest BCUT2D eigenvalue weighted by atomic mass is 32.1. The molecule has 0 aliphatic rings. The molecule has 0 aliphatic carbocycles. The van der Waals surface area contributed by atoms with Crippen LogP contribution in [0.2, 0.25) is 0 Å². The molecular formula is C14H12N2OS. The number of rotatable bonds is 2. The minimum atomic E-state index is -0.663. The van der Waals surface area contributed by atoms with Gasteiger partial charge in [-0.3, -0.25) is 0 Å². The maximum atomic E-state index is 10.3. The fourth-order valence-corrected chi connectivity index (χ4v) is 2.67. The maximum Gasteiger partial charge on any atom is 0.180 e. The number of fused-ring (bicyclic) bond motifs is 1. The van der Waals surface area contributed by atoms with Crippen LogP contribution in [0.4, 0.5) is 5.13 Å². The maximum absolute atomic E-state index is 10.3. The molecule has 1 atom stereocenters. The van der Waals surface area contributed by atoms with Crippen molar-refractivity contribution < 1.29 is 5.11 Å². The Balaban J connectivity index is 2.03. The summed E-state index contributed by atoms with van der Waals surface area (Å²) in [7, 11) is 0. The number of hydrogen-bond acceptors (Lipinski definition) is 4. The first kappa shape index (κ1) is 11.2. The van der Waals surface area contributed by atoms with Crippen molar-refractivity contribution in [2.24, 2.45) is 0 Å². The molecule has 0 bridgehead atoms. The van der Waals surface area contributed by atoms with Crippen molar-refractivity contribution >= 4 is 27.2 Å². The Bertz CT molecular complexity index is 693. The zero-order chi connectivity index (χ0) is 12.5. The lowest BCUT2D eigenvalue weighted by atomic mass is 10.0. The molecule has 18 heavy (non-hydrogen) atoms. The van der Waals surface area contributed by atoms with E-state index in [0.717, 1.165) is 21.2 Å². The van der Waals surface area contributed by atoms with Gasteiger partial charge in [0, 0.05) is 6.20 Å². The smallest absolute Gasteiger partial charge is 0.180 e. The summed E-state index contributed by atoms with van der Waals surface area (Å²) in [5.74, 6) is 0. The first-order valence-electron chi connectivity index (χ1n) is 5.62. The monoisotopic (exact) mass is 256 g/mol. The summed E-state index contributed by atoms with van der Waals surface area (Å²) in [6, 6.07) is 14.0. The molecule has 3 aromatic rings. The van der Waals surface area contributed by atoms with E-state index in [0.29, 0.717) is 5.13 Å². The van der Waals surface area contributed by atoms with Crippen LogP contribution >= 0.6 is 11.3 Å². The van der Waals surface area contributed by atoms with Crippen LogP contribution in [0.25, 0.3) is 10.8 Å². The lowest BCUT2D eigenvalue weighted by Gasteiger charge is -2.09. The Hall–Kier alpha value is -1.91. The third-order valence-corrected chi connectivity index (χ3v) is 3.78. The molecule has 0 spiro atoms. The normalized spacial score (nSPS) is 12.7. The fraction of sp³-hybridized carbons (Fsp3) is 0.0714. The van der Waals surface area contributed by atoms with E-state index in [9.17, 15) is 5.11 Å². The summed E-state index contributed by atoms with van der Waals surface area (Å²) in [6.45, 7) is 0. The van der Waals surface area contributed by atoms with Crippen LogP contribution in [-0.2, 0) is 0 Å². The summed E-state index contributed by atoms with van der Waals surface area (Å²) in [5, 5.41) is 13.0. The molecule has 1 heterocycles. The van der Waals surface area contributed by atoms with Crippen LogP contribution in [0.3, 0.4) is 0 Å². The van der Waals surface area contributed by atoms with E-state index in [2.05, 4.69) is 11.1 Å². The van der Waals surface area contributed by atoms with Crippen molar-refractivity contribution in [3.63, 3.8) is 0 Å². The third-order valence-electron chi connectivity index (χ3n) is 2.90. The van der Waals surface area contributed by atoms with Gasteiger partial charge in [0.15, 0.2) is 5.13 Å². The van der Waals surface area contributed by atoms with Gasteiger partial charge in [0.05, 0.1) is 4.88 Å². The van der Waals surface area contributed by atoms with Gasteiger partial charge in [-0.25, -0.2) is 4.98 Å². The summed E-state index contributed by atoms with van der Waals surface area (Å²) in [4.78, 5) is 4.73. The molecule has 4 heteroatoms. The van der Waals surface area contributed by atoms with Gasteiger partial charge in [0.25, 0.3) is 0 Å². The van der Waals surface area contributed by atoms with E-state index in [1.807, 2.05) is 36.4 Å². The van der Waals surface area contributed by atoms with E-state index in [-0.39, 0.29) is 0 Å². The topological polar surface area (TPSA) is 59.1 Å². The minimum Gasteiger partial charge on any atom is -0.383 e. The second kappa shape index (κ2) is 4.40. The van der Waals surface area contributed by atoms with Gasteiger partial charge in [0.2, 0.25) is 0 Å². The molecule has 1 unspecified atom stereocenters. The average Bonchev–Trinajstić information content (AvgIpc) is 2.84. The molecule has 3 nitrogen and oxygen atoms in total. The van der Waals surface area contributed by atoms with Crippen LogP contribution < -0.4 is 5.73 Å². The second-order valence-corrected chi connectivity index (χ2v) is 5.20. The number of nitrogens with zero attached hydrogens (tertiary/aromatic N) is 1. The van der Waals surface area contributed by atoms with Crippen LogP contribution in [0.1, 0.15) is 16.5 Å². The van der Waals surface area contributed by atoms with Crippen molar-refractivity contribution in [2.45, 2.75) is 6.10 Å². The average molecular weight is 256 g/mol. The predicted molar refractivity (Wildman–Crippen MR) is 74.5 cm³/mol. The van der Waals surface area contributed by atoms with Crippen LogP contribution in [0, 0.1) is 0 Å². The first-order chi connectivity index (χ1) is 8.74. The van der Waals surface area contributed by atoms with E-state index >= 15 is 0 Å². The van der Waals surface area contributed by atoms with Gasteiger partial charge >= 0.3 is 0 Å². The van der Waals surface area contributed by atoms with Gasteiger partial charge in [-0.2, -0.15) is 0 Å². The lowest BCUT2D eigenvalue weighted by Crippen LogP contribution is -1.96. The second-order valence-electron chi connectivity index (χ2n) is 4.11. The predicted octanol–water partition coefficient (Wildman–Crippen LogP) is 2.96. The SMILES string of the molecule is Nc1ncc(C(O)c2ccc3ccccc3c2)s1.